The lowest BCUT2D eigenvalue weighted by molar-refractivity contribution is -0.138. The highest BCUT2D eigenvalue weighted by Gasteiger charge is 2.15. The van der Waals surface area contributed by atoms with Crippen molar-refractivity contribution in [1.82, 2.24) is 0 Å². The predicted octanol–water partition coefficient (Wildman–Crippen LogP) is 1.58. The van der Waals surface area contributed by atoms with E-state index in [0.29, 0.717) is 6.61 Å². The molecule has 0 saturated carbocycles. The molecule has 0 unspecified atom stereocenters. The second-order valence-corrected chi connectivity index (χ2v) is 2.15. The molecule has 0 rings (SSSR count). The molecule has 0 amide bonds. The zero-order valence-electron chi connectivity index (χ0n) is 7.99. The zero-order valence-corrected chi connectivity index (χ0v) is 7.99. The first kappa shape index (κ1) is 11.6. The third-order valence-electron chi connectivity index (χ3n) is 1.25. The molecule has 0 saturated heterocycles. The lowest BCUT2D eigenvalue weighted by atomic mass is 10.4. The van der Waals surface area contributed by atoms with Gasteiger partial charge in [-0.05, 0) is 25.9 Å². The van der Waals surface area contributed by atoms with Crippen LogP contribution in [-0.4, -0.2) is 19.2 Å². The van der Waals surface area contributed by atoms with E-state index in [1.165, 1.54) is 6.92 Å². The Bertz CT molecular complexity index is 222. The van der Waals surface area contributed by atoms with Gasteiger partial charge in [0, 0.05) is 0 Å². The Morgan fingerprint density at radius 2 is 1.77 bits per heavy atom. The Balaban J connectivity index is 4.55. The minimum atomic E-state index is -0.747. The minimum Gasteiger partial charge on any atom is -0.496 e. The third kappa shape index (κ3) is 3.68. The molecular weight excluding hydrogens is 174 g/mol. The standard InChI is InChI=1S/C8H13NO4/c1-4-12-6(3)7(9-11)8(10)13-5-2/h4-5H2,1-3H3/b7-6-. The van der Waals surface area contributed by atoms with Gasteiger partial charge in [-0.2, -0.15) is 0 Å². The fourth-order valence-electron chi connectivity index (χ4n) is 0.730. The van der Waals surface area contributed by atoms with Crippen molar-refractivity contribution in [3.05, 3.63) is 16.4 Å². The number of carbonyl (C=O) groups excluding carboxylic acids is 1. The van der Waals surface area contributed by atoms with Crippen LogP contribution in [0.1, 0.15) is 20.8 Å². The average molecular weight is 187 g/mol. The highest BCUT2D eigenvalue weighted by molar-refractivity contribution is 5.88. The van der Waals surface area contributed by atoms with Crippen molar-refractivity contribution in [2.24, 2.45) is 5.18 Å². The fraction of sp³-hybridized carbons (Fsp3) is 0.625. The van der Waals surface area contributed by atoms with Crippen molar-refractivity contribution in [3.8, 4) is 0 Å². The Kier molecular flexibility index (Phi) is 5.50. The van der Waals surface area contributed by atoms with Crippen LogP contribution in [0.2, 0.25) is 0 Å². The summed E-state index contributed by atoms with van der Waals surface area (Å²) in [5.74, 6) is -0.556. The Morgan fingerprint density at radius 1 is 1.23 bits per heavy atom. The molecule has 0 radical (unpaired) electrons. The SMILES string of the molecule is CCOC(=O)/C(N=O)=C(\C)OCC. The van der Waals surface area contributed by atoms with E-state index >= 15 is 0 Å². The van der Waals surface area contributed by atoms with Gasteiger partial charge in [-0.25, -0.2) is 4.79 Å². The summed E-state index contributed by atoms with van der Waals surface area (Å²) in [6, 6.07) is 0. The van der Waals surface area contributed by atoms with Crippen LogP contribution in [-0.2, 0) is 14.3 Å². The summed E-state index contributed by atoms with van der Waals surface area (Å²) in [4.78, 5) is 21.3. The zero-order chi connectivity index (χ0) is 10.3. The predicted molar refractivity (Wildman–Crippen MR) is 46.8 cm³/mol. The van der Waals surface area contributed by atoms with E-state index in [-0.39, 0.29) is 18.1 Å². The topological polar surface area (TPSA) is 65.0 Å². The van der Waals surface area contributed by atoms with Gasteiger partial charge in [-0.1, -0.05) is 0 Å². The summed E-state index contributed by atoms with van der Waals surface area (Å²) < 4.78 is 9.54. The second-order valence-electron chi connectivity index (χ2n) is 2.15. The van der Waals surface area contributed by atoms with Crippen LogP contribution in [0.3, 0.4) is 0 Å². The van der Waals surface area contributed by atoms with Crippen LogP contribution in [0.25, 0.3) is 0 Å². The van der Waals surface area contributed by atoms with Crippen molar-refractivity contribution in [3.63, 3.8) is 0 Å². The molecule has 5 nitrogen and oxygen atoms in total. The van der Waals surface area contributed by atoms with Crippen LogP contribution in [0.5, 0.6) is 0 Å². The number of carbonyl (C=O) groups is 1. The first-order valence-electron chi connectivity index (χ1n) is 4.01. The van der Waals surface area contributed by atoms with Gasteiger partial charge in [0.2, 0.25) is 5.70 Å². The Hall–Kier alpha value is -1.39. The summed E-state index contributed by atoms with van der Waals surface area (Å²) in [6.07, 6.45) is 0. The maximum absolute atomic E-state index is 11.0. The van der Waals surface area contributed by atoms with Crippen LogP contribution >= 0.6 is 0 Å². The molecule has 0 spiro atoms. The fourth-order valence-corrected chi connectivity index (χ4v) is 0.730. The molecular formula is C8H13NO4. The van der Waals surface area contributed by atoms with E-state index in [9.17, 15) is 9.70 Å². The van der Waals surface area contributed by atoms with Gasteiger partial charge in [-0.3, -0.25) is 0 Å². The van der Waals surface area contributed by atoms with Crippen LogP contribution in [0.4, 0.5) is 0 Å². The summed E-state index contributed by atoms with van der Waals surface area (Å²) in [5, 5.41) is 2.56. The van der Waals surface area contributed by atoms with Crippen molar-refractivity contribution >= 4 is 5.97 Å². The molecule has 0 atom stereocenters. The van der Waals surface area contributed by atoms with Gasteiger partial charge in [0.15, 0.2) is 0 Å². The molecule has 0 aromatic carbocycles. The molecule has 0 heterocycles. The quantitative estimate of drug-likeness (QED) is 0.283. The van der Waals surface area contributed by atoms with Crippen molar-refractivity contribution in [2.75, 3.05) is 13.2 Å². The second kappa shape index (κ2) is 6.16. The maximum atomic E-state index is 11.0. The molecule has 0 aromatic rings. The summed E-state index contributed by atoms with van der Waals surface area (Å²) in [6.45, 7) is 5.48. The van der Waals surface area contributed by atoms with Crippen LogP contribution in [0.15, 0.2) is 16.6 Å². The van der Waals surface area contributed by atoms with E-state index in [4.69, 9.17) is 4.74 Å². The summed E-state index contributed by atoms with van der Waals surface area (Å²) in [7, 11) is 0. The van der Waals surface area contributed by atoms with Gasteiger partial charge >= 0.3 is 5.97 Å². The Morgan fingerprint density at radius 3 is 2.15 bits per heavy atom. The number of esters is 1. The molecule has 0 bridgehead atoms. The largest absolute Gasteiger partial charge is 0.496 e. The van der Waals surface area contributed by atoms with Gasteiger partial charge in [-0.15, -0.1) is 4.91 Å². The molecule has 0 fully saturated rings. The molecule has 0 N–H and O–H groups in total. The molecule has 0 aliphatic rings. The monoisotopic (exact) mass is 187 g/mol. The summed E-state index contributed by atoms with van der Waals surface area (Å²) >= 11 is 0. The minimum absolute atomic E-state index is 0.191. The maximum Gasteiger partial charge on any atom is 0.364 e. The average Bonchev–Trinajstić information content (AvgIpc) is 2.06. The smallest absolute Gasteiger partial charge is 0.364 e. The first-order chi connectivity index (χ1) is 6.17. The van der Waals surface area contributed by atoms with Crippen molar-refractivity contribution in [2.45, 2.75) is 20.8 Å². The van der Waals surface area contributed by atoms with Crippen LogP contribution in [0, 0.1) is 4.91 Å². The first-order valence-corrected chi connectivity index (χ1v) is 4.01. The Labute approximate surface area is 76.7 Å². The van der Waals surface area contributed by atoms with Gasteiger partial charge in [0.25, 0.3) is 0 Å². The van der Waals surface area contributed by atoms with E-state index in [2.05, 4.69) is 9.91 Å². The number of ether oxygens (including phenoxy) is 2. The normalized spacial score (nSPS) is 11.6. The van der Waals surface area contributed by atoms with E-state index in [1.54, 1.807) is 13.8 Å². The number of allylic oxidation sites excluding steroid dienone is 1. The third-order valence-corrected chi connectivity index (χ3v) is 1.25. The molecule has 0 aliphatic heterocycles. The lowest BCUT2D eigenvalue weighted by Crippen LogP contribution is -2.08. The van der Waals surface area contributed by atoms with Crippen molar-refractivity contribution in [1.29, 1.82) is 0 Å². The van der Waals surface area contributed by atoms with E-state index < -0.39 is 5.97 Å². The number of nitrogens with zero attached hydrogens (tertiary/aromatic N) is 1. The van der Waals surface area contributed by atoms with E-state index in [0.717, 1.165) is 0 Å². The lowest BCUT2D eigenvalue weighted by Gasteiger charge is -2.05. The van der Waals surface area contributed by atoms with Gasteiger partial charge in [0.05, 0.1) is 13.2 Å². The van der Waals surface area contributed by atoms with Crippen molar-refractivity contribution < 1.29 is 14.3 Å². The van der Waals surface area contributed by atoms with Crippen LogP contribution < -0.4 is 0 Å². The molecule has 0 aliphatic carbocycles. The highest BCUT2D eigenvalue weighted by Crippen LogP contribution is 2.08. The molecule has 74 valence electrons. The summed E-state index contributed by atoms with van der Waals surface area (Å²) in [5.41, 5.74) is -0.302. The molecule has 5 heteroatoms. The van der Waals surface area contributed by atoms with Gasteiger partial charge in [0.1, 0.15) is 5.76 Å². The molecule has 0 aromatic heterocycles. The number of hydrogen-bond donors (Lipinski definition) is 0. The highest BCUT2D eigenvalue weighted by atomic mass is 16.5. The number of nitroso groups, excluding NO2 is 1. The number of hydrogen-bond acceptors (Lipinski definition) is 5. The molecule has 13 heavy (non-hydrogen) atoms. The van der Waals surface area contributed by atoms with E-state index in [1.807, 2.05) is 0 Å². The van der Waals surface area contributed by atoms with Gasteiger partial charge < -0.3 is 9.47 Å². The number of rotatable bonds is 5.